The molecule has 3 rings (SSSR count). The topological polar surface area (TPSA) is 77.6 Å². The molecule has 1 aliphatic rings. The van der Waals surface area contributed by atoms with Gasteiger partial charge in [0.15, 0.2) is 0 Å². The molecule has 0 saturated carbocycles. The summed E-state index contributed by atoms with van der Waals surface area (Å²) in [5, 5.41) is 5.54. The number of nitrogens with zero attached hydrogens (tertiary/aromatic N) is 3. The minimum atomic E-state index is -0.618. The van der Waals surface area contributed by atoms with Gasteiger partial charge in [0.25, 0.3) is 0 Å². The Morgan fingerprint density at radius 2 is 1.70 bits per heavy atom. The Morgan fingerprint density at radius 1 is 1.04 bits per heavy atom. The molecule has 0 radical (unpaired) electrons. The van der Waals surface area contributed by atoms with E-state index in [0.29, 0.717) is 18.8 Å². The Balaban J connectivity index is 1.43. The molecule has 2 N–H and O–H groups in total. The van der Waals surface area contributed by atoms with Crippen molar-refractivity contribution in [2.24, 2.45) is 0 Å². The smallest absolute Gasteiger partial charge is 0.318 e. The van der Waals surface area contributed by atoms with Crippen LogP contribution in [0.15, 0.2) is 54.9 Å². The van der Waals surface area contributed by atoms with Crippen LogP contribution in [0.4, 0.5) is 10.5 Å². The fourth-order valence-corrected chi connectivity index (χ4v) is 2.98. The summed E-state index contributed by atoms with van der Waals surface area (Å²) in [6.07, 6.45) is 3.21. The molecule has 7 heteroatoms. The third-order valence-corrected chi connectivity index (χ3v) is 4.59. The first kappa shape index (κ1) is 18.8. The second-order valence-electron chi connectivity index (χ2n) is 6.65. The van der Waals surface area contributed by atoms with E-state index in [0.717, 1.165) is 19.6 Å². The van der Waals surface area contributed by atoms with Gasteiger partial charge in [0.1, 0.15) is 6.04 Å². The molecule has 0 bridgehead atoms. The lowest BCUT2D eigenvalue weighted by Gasteiger charge is -2.35. The van der Waals surface area contributed by atoms with Crippen LogP contribution < -0.4 is 10.6 Å². The molecule has 1 saturated heterocycles. The molecule has 0 unspecified atom stereocenters. The fraction of sp³-hybridized carbons (Fsp3) is 0.350. The number of hydrogen-bond acceptors (Lipinski definition) is 4. The van der Waals surface area contributed by atoms with Crippen LogP contribution in [-0.2, 0) is 11.3 Å². The number of nitrogens with one attached hydrogen (secondary N) is 2. The lowest BCUT2D eigenvalue weighted by molar-refractivity contribution is -0.117. The number of urea groups is 1. The molecule has 7 nitrogen and oxygen atoms in total. The van der Waals surface area contributed by atoms with Crippen molar-refractivity contribution in [3.05, 3.63) is 60.4 Å². The molecule has 1 aliphatic heterocycles. The number of benzene rings is 1. The molecule has 0 spiro atoms. The second kappa shape index (κ2) is 9.14. The monoisotopic (exact) mass is 367 g/mol. The number of amides is 3. The van der Waals surface area contributed by atoms with Crippen molar-refractivity contribution in [2.75, 3.05) is 31.5 Å². The lowest BCUT2D eigenvalue weighted by Crippen LogP contribution is -2.54. The van der Waals surface area contributed by atoms with Crippen molar-refractivity contribution < 1.29 is 9.59 Å². The standard InChI is InChI=1S/C20H25N5O2/c1-16(19(26)23-18-7-9-21-10-8-18)22-20(27)25-13-11-24(12-14-25)15-17-5-3-2-4-6-17/h2-10,16H,11-15H2,1H3,(H,22,27)(H,21,23,26)/t16-/m0/s1. The largest absolute Gasteiger partial charge is 0.326 e. The van der Waals surface area contributed by atoms with E-state index in [2.05, 4.69) is 32.7 Å². The highest BCUT2D eigenvalue weighted by molar-refractivity contribution is 5.96. The van der Waals surface area contributed by atoms with Crippen molar-refractivity contribution in [2.45, 2.75) is 19.5 Å². The van der Waals surface area contributed by atoms with Gasteiger partial charge < -0.3 is 15.5 Å². The molecule has 3 amide bonds. The van der Waals surface area contributed by atoms with E-state index in [9.17, 15) is 9.59 Å². The van der Waals surface area contributed by atoms with Crippen LogP contribution in [0.3, 0.4) is 0 Å². The molecule has 1 atom stereocenters. The minimum Gasteiger partial charge on any atom is -0.326 e. The van der Waals surface area contributed by atoms with Gasteiger partial charge in [0, 0.05) is 50.8 Å². The molecule has 2 heterocycles. The number of carbonyl (C=O) groups is 2. The first-order chi connectivity index (χ1) is 13.1. The van der Waals surface area contributed by atoms with Crippen molar-refractivity contribution in [3.63, 3.8) is 0 Å². The highest BCUT2D eigenvalue weighted by Crippen LogP contribution is 2.09. The van der Waals surface area contributed by atoms with Crippen LogP contribution in [0, 0.1) is 0 Å². The number of piperazine rings is 1. The summed E-state index contributed by atoms with van der Waals surface area (Å²) in [4.78, 5) is 32.7. The maximum atomic E-state index is 12.4. The Morgan fingerprint density at radius 3 is 2.37 bits per heavy atom. The van der Waals surface area contributed by atoms with E-state index in [1.165, 1.54) is 5.56 Å². The third kappa shape index (κ3) is 5.52. The number of carbonyl (C=O) groups excluding carboxylic acids is 2. The zero-order valence-corrected chi connectivity index (χ0v) is 15.5. The Bertz CT molecular complexity index is 745. The summed E-state index contributed by atoms with van der Waals surface area (Å²) in [5.74, 6) is -0.253. The van der Waals surface area contributed by atoms with E-state index in [1.54, 1.807) is 36.4 Å². The molecule has 27 heavy (non-hydrogen) atoms. The van der Waals surface area contributed by atoms with Crippen LogP contribution in [0.5, 0.6) is 0 Å². The molecule has 0 aliphatic carbocycles. The van der Waals surface area contributed by atoms with Crippen molar-refractivity contribution in [1.82, 2.24) is 20.1 Å². The van der Waals surface area contributed by atoms with Crippen molar-refractivity contribution in [1.29, 1.82) is 0 Å². The average Bonchev–Trinajstić information content (AvgIpc) is 2.70. The summed E-state index contributed by atoms with van der Waals surface area (Å²) in [5.41, 5.74) is 1.93. The van der Waals surface area contributed by atoms with E-state index in [-0.39, 0.29) is 11.9 Å². The summed E-state index contributed by atoms with van der Waals surface area (Å²) < 4.78 is 0. The van der Waals surface area contributed by atoms with Gasteiger partial charge in [-0.25, -0.2) is 4.79 Å². The van der Waals surface area contributed by atoms with Crippen LogP contribution in [0.2, 0.25) is 0 Å². The number of rotatable bonds is 5. The number of aromatic nitrogens is 1. The lowest BCUT2D eigenvalue weighted by atomic mass is 10.2. The minimum absolute atomic E-state index is 0.202. The van der Waals surface area contributed by atoms with E-state index >= 15 is 0 Å². The summed E-state index contributed by atoms with van der Waals surface area (Å²) in [6, 6.07) is 12.9. The van der Waals surface area contributed by atoms with Gasteiger partial charge in [0.05, 0.1) is 0 Å². The highest BCUT2D eigenvalue weighted by Gasteiger charge is 2.24. The van der Waals surface area contributed by atoms with Crippen molar-refractivity contribution >= 4 is 17.6 Å². The summed E-state index contributed by atoms with van der Waals surface area (Å²) >= 11 is 0. The van der Waals surface area contributed by atoms with Gasteiger partial charge in [-0.3, -0.25) is 14.7 Å². The van der Waals surface area contributed by atoms with Crippen molar-refractivity contribution in [3.8, 4) is 0 Å². The third-order valence-electron chi connectivity index (χ3n) is 4.59. The molecule has 1 fully saturated rings. The highest BCUT2D eigenvalue weighted by atomic mass is 16.2. The Hall–Kier alpha value is -2.93. The van der Waals surface area contributed by atoms with Gasteiger partial charge in [0.2, 0.25) is 5.91 Å². The number of pyridine rings is 1. The molecule has 2 aromatic rings. The van der Waals surface area contributed by atoms with E-state index in [1.807, 2.05) is 18.2 Å². The average molecular weight is 367 g/mol. The normalized spacial score (nSPS) is 15.8. The van der Waals surface area contributed by atoms with Crippen LogP contribution in [0.1, 0.15) is 12.5 Å². The van der Waals surface area contributed by atoms with Gasteiger partial charge in [-0.1, -0.05) is 30.3 Å². The number of hydrogen-bond donors (Lipinski definition) is 2. The predicted octanol–water partition coefficient (Wildman–Crippen LogP) is 1.94. The van der Waals surface area contributed by atoms with Gasteiger partial charge in [-0.15, -0.1) is 0 Å². The van der Waals surface area contributed by atoms with Crippen LogP contribution in [0.25, 0.3) is 0 Å². The zero-order valence-electron chi connectivity index (χ0n) is 15.5. The fourth-order valence-electron chi connectivity index (χ4n) is 2.98. The number of anilines is 1. The Kier molecular flexibility index (Phi) is 6.38. The van der Waals surface area contributed by atoms with E-state index in [4.69, 9.17) is 0 Å². The van der Waals surface area contributed by atoms with Gasteiger partial charge in [-0.2, -0.15) is 0 Å². The summed E-state index contributed by atoms with van der Waals surface area (Å²) in [7, 11) is 0. The molecular formula is C20H25N5O2. The second-order valence-corrected chi connectivity index (χ2v) is 6.65. The maximum Gasteiger partial charge on any atom is 0.318 e. The van der Waals surface area contributed by atoms with Crippen LogP contribution >= 0.6 is 0 Å². The zero-order chi connectivity index (χ0) is 19.1. The molecule has 1 aromatic carbocycles. The first-order valence-corrected chi connectivity index (χ1v) is 9.14. The van der Waals surface area contributed by atoms with E-state index < -0.39 is 6.04 Å². The Labute approximate surface area is 159 Å². The van der Waals surface area contributed by atoms with Gasteiger partial charge >= 0.3 is 6.03 Å². The SMILES string of the molecule is C[C@H](NC(=O)N1CCN(Cc2ccccc2)CC1)C(=O)Nc1ccncc1. The molecule has 1 aromatic heterocycles. The van der Waals surface area contributed by atoms with Crippen LogP contribution in [-0.4, -0.2) is 58.9 Å². The summed E-state index contributed by atoms with van der Waals surface area (Å²) in [6.45, 7) is 5.51. The molecule has 142 valence electrons. The first-order valence-electron chi connectivity index (χ1n) is 9.14. The predicted molar refractivity (Wildman–Crippen MR) is 104 cm³/mol. The molecular weight excluding hydrogens is 342 g/mol. The quantitative estimate of drug-likeness (QED) is 0.847. The maximum absolute atomic E-state index is 12.4. The van der Waals surface area contributed by atoms with Gasteiger partial charge in [-0.05, 0) is 24.6 Å².